The van der Waals surface area contributed by atoms with Crippen molar-refractivity contribution in [1.29, 1.82) is 0 Å². The van der Waals surface area contributed by atoms with Gasteiger partial charge in [0, 0.05) is 0 Å². The fourth-order valence-electron chi connectivity index (χ4n) is 3.38. The van der Waals surface area contributed by atoms with Crippen molar-refractivity contribution in [3.63, 3.8) is 0 Å². The predicted octanol–water partition coefficient (Wildman–Crippen LogP) is 0.111. The van der Waals surface area contributed by atoms with Crippen LogP contribution in [0.4, 0.5) is 0 Å². The second kappa shape index (κ2) is 5.05. The van der Waals surface area contributed by atoms with Crippen LogP contribution in [0.1, 0.15) is 24.0 Å². The summed E-state index contributed by atoms with van der Waals surface area (Å²) in [4.78, 5) is 0. The molecule has 2 aromatic rings. The van der Waals surface area contributed by atoms with Crippen molar-refractivity contribution in [2.75, 3.05) is 0 Å². The molecule has 1 aliphatic rings. The summed E-state index contributed by atoms with van der Waals surface area (Å²) in [6.07, 6.45) is 2.42. The van der Waals surface area contributed by atoms with Gasteiger partial charge in [-0.05, 0) is 23.8 Å². The van der Waals surface area contributed by atoms with E-state index in [9.17, 15) is 0 Å². The van der Waals surface area contributed by atoms with E-state index in [0.29, 0.717) is 0 Å². The number of benzene rings is 2. The molecule has 0 unspecified atom stereocenters. The molecular formula is C16H20B4O. The van der Waals surface area contributed by atoms with E-state index in [-0.39, 0.29) is 10.4 Å². The first-order valence-electron chi connectivity index (χ1n) is 7.77. The molecule has 0 atom stereocenters. The molecule has 1 nitrogen and oxygen atoms in total. The van der Waals surface area contributed by atoms with Crippen molar-refractivity contribution in [2.24, 2.45) is 0 Å². The lowest BCUT2D eigenvalue weighted by Crippen LogP contribution is -2.42. The maximum absolute atomic E-state index is 6.21. The Morgan fingerprint density at radius 3 is 2.14 bits per heavy atom. The predicted molar refractivity (Wildman–Crippen MR) is 99.7 cm³/mol. The minimum Gasteiger partial charge on any atom is -0.457 e. The quantitative estimate of drug-likeness (QED) is 0.705. The first-order chi connectivity index (χ1) is 9.90. The Kier molecular flexibility index (Phi) is 3.47. The van der Waals surface area contributed by atoms with Gasteiger partial charge >= 0.3 is 0 Å². The fourth-order valence-corrected chi connectivity index (χ4v) is 3.38. The SMILES string of the molecule is BC1(B)CCC(B)(B)c2c(Oc3ccccc3)cccc21. The summed E-state index contributed by atoms with van der Waals surface area (Å²) >= 11 is 0. The number of para-hydroxylation sites is 1. The zero-order chi connectivity index (χ0) is 15.1. The highest BCUT2D eigenvalue weighted by Gasteiger charge is 2.38. The largest absolute Gasteiger partial charge is 0.457 e. The van der Waals surface area contributed by atoms with Crippen molar-refractivity contribution in [1.82, 2.24) is 0 Å². The zero-order valence-corrected chi connectivity index (χ0v) is 13.4. The molecule has 0 saturated heterocycles. The molecule has 0 aliphatic heterocycles. The molecule has 2 aromatic carbocycles. The Morgan fingerprint density at radius 1 is 0.762 bits per heavy atom. The molecule has 102 valence electrons. The molecule has 5 heteroatoms. The van der Waals surface area contributed by atoms with Gasteiger partial charge in [-0.1, -0.05) is 59.2 Å². The molecule has 3 rings (SSSR count). The van der Waals surface area contributed by atoms with Gasteiger partial charge in [-0.2, -0.15) is 0 Å². The van der Waals surface area contributed by atoms with Crippen LogP contribution in [-0.4, -0.2) is 31.4 Å². The Balaban J connectivity index is 2.11. The monoisotopic (exact) mass is 272 g/mol. The molecule has 0 radical (unpaired) electrons. The molecule has 0 amide bonds. The Bertz CT molecular complexity index is 653. The van der Waals surface area contributed by atoms with Gasteiger partial charge < -0.3 is 4.74 Å². The average molecular weight is 272 g/mol. The molecule has 0 fully saturated rings. The van der Waals surface area contributed by atoms with Crippen LogP contribution in [-0.2, 0) is 10.4 Å². The van der Waals surface area contributed by atoms with Gasteiger partial charge in [0.05, 0.1) is 0 Å². The van der Waals surface area contributed by atoms with Crippen molar-refractivity contribution in [2.45, 2.75) is 23.3 Å². The Morgan fingerprint density at radius 2 is 1.43 bits per heavy atom. The zero-order valence-electron chi connectivity index (χ0n) is 13.4. The van der Waals surface area contributed by atoms with Crippen molar-refractivity contribution < 1.29 is 4.74 Å². The second-order valence-electron chi connectivity index (χ2n) is 7.36. The normalized spacial score (nSPS) is 18.7. The highest BCUT2D eigenvalue weighted by atomic mass is 16.5. The number of ether oxygens (including phenoxy) is 1. The van der Waals surface area contributed by atoms with Crippen LogP contribution >= 0.6 is 0 Å². The van der Waals surface area contributed by atoms with E-state index in [1.807, 2.05) is 30.3 Å². The van der Waals surface area contributed by atoms with Crippen LogP contribution in [0.5, 0.6) is 11.5 Å². The lowest BCUT2D eigenvalue weighted by atomic mass is 9.37. The summed E-state index contributed by atoms with van der Waals surface area (Å²) in [5.74, 6) is 1.92. The summed E-state index contributed by atoms with van der Waals surface area (Å²) in [5.41, 5.74) is 2.82. The van der Waals surface area contributed by atoms with Gasteiger partial charge in [0.1, 0.15) is 42.9 Å². The summed E-state index contributed by atoms with van der Waals surface area (Å²) < 4.78 is 6.21. The molecule has 0 aromatic heterocycles. The first-order valence-corrected chi connectivity index (χ1v) is 7.77. The minimum absolute atomic E-state index is 0.163. The average Bonchev–Trinajstić information content (AvgIpc) is 2.45. The van der Waals surface area contributed by atoms with Gasteiger partial charge in [-0.25, -0.2) is 0 Å². The number of hydrogen-bond donors (Lipinski definition) is 0. The van der Waals surface area contributed by atoms with Gasteiger partial charge in [-0.15, -0.1) is 0 Å². The Labute approximate surface area is 131 Å². The van der Waals surface area contributed by atoms with Crippen LogP contribution < -0.4 is 4.74 Å². The van der Waals surface area contributed by atoms with Crippen molar-refractivity contribution in [3.8, 4) is 11.5 Å². The third kappa shape index (κ3) is 2.66. The number of fused-ring (bicyclic) bond motifs is 1. The van der Waals surface area contributed by atoms with E-state index in [1.54, 1.807) is 0 Å². The van der Waals surface area contributed by atoms with Crippen LogP contribution in [0.25, 0.3) is 0 Å². The van der Waals surface area contributed by atoms with Gasteiger partial charge in [-0.3, -0.25) is 0 Å². The van der Waals surface area contributed by atoms with Crippen molar-refractivity contribution in [3.05, 3.63) is 59.7 Å². The number of hydrogen-bond acceptors (Lipinski definition) is 1. The van der Waals surface area contributed by atoms with E-state index in [4.69, 9.17) is 4.74 Å². The molecule has 0 spiro atoms. The summed E-state index contributed by atoms with van der Waals surface area (Å²) in [7, 11) is 9.35. The third-order valence-electron chi connectivity index (χ3n) is 4.78. The second-order valence-corrected chi connectivity index (χ2v) is 7.36. The van der Waals surface area contributed by atoms with E-state index in [0.717, 1.165) is 11.5 Å². The molecule has 0 saturated carbocycles. The molecule has 0 heterocycles. The molecule has 0 bridgehead atoms. The van der Waals surface area contributed by atoms with Gasteiger partial charge in [0.15, 0.2) is 0 Å². The smallest absolute Gasteiger partial charge is 0.129 e. The van der Waals surface area contributed by atoms with Crippen LogP contribution in [0, 0.1) is 0 Å². The molecular weight excluding hydrogens is 251 g/mol. The lowest BCUT2D eigenvalue weighted by molar-refractivity contribution is 0.459. The van der Waals surface area contributed by atoms with E-state index in [1.165, 1.54) is 24.0 Å². The summed E-state index contributed by atoms with van der Waals surface area (Å²) in [6.45, 7) is 0. The standard InChI is InChI=1S/C16H20B4O/c17-15(18)9-10-16(19,20)14-12(15)7-4-8-13(14)21-11-5-2-1-3-6-11/h1-8H,9-10,17-20H2. The van der Waals surface area contributed by atoms with Gasteiger partial charge in [0.25, 0.3) is 0 Å². The van der Waals surface area contributed by atoms with Crippen LogP contribution in [0.3, 0.4) is 0 Å². The molecule has 0 N–H and O–H groups in total. The first kappa shape index (κ1) is 14.4. The molecule has 1 aliphatic carbocycles. The Hall–Kier alpha value is -1.50. The van der Waals surface area contributed by atoms with E-state index in [2.05, 4.69) is 49.6 Å². The highest BCUT2D eigenvalue weighted by molar-refractivity contribution is 6.44. The molecule has 21 heavy (non-hydrogen) atoms. The van der Waals surface area contributed by atoms with Crippen LogP contribution in [0.15, 0.2) is 48.5 Å². The maximum Gasteiger partial charge on any atom is 0.129 e. The van der Waals surface area contributed by atoms with Crippen LogP contribution in [0.2, 0.25) is 0 Å². The third-order valence-corrected chi connectivity index (χ3v) is 4.78. The number of rotatable bonds is 2. The lowest BCUT2D eigenvalue weighted by Gasteiger charge is -2.43. The van der Waals surface area contributed by atoms with Crippen molar-refractivity contribution >= 4 is 31.4 Å². The van der Waals surface area contributed by atoms with E-state index >= 15 is 0 Å². The minimum atomic E-state index is 0.163. The highest BCUT2D eigenvalue weighted by Crippen LogP contribution is 2.45. The fraction of sp³-hybridized carbons (Fsp3) is 0.250. The van der Waals surface area contributed by atoms with Gasteiger partial charge in [0.2, 0.25) is 0 Å². The maximum atomic E-state index is 6.21. The summed E-state index contributed by atoms with van der Waals surface area (Å²) in [6, 6.07) is 16.6. The van der Waals surface area contributed by atoms with E-state index < -0.39 is 0 Å². The topological polar surface area (TPSA) is 9.23 Å². The summed E-state index contributed by atoms with van der Waals surface area (Å²) in [5, 5.41) is 0.386.